The van der Waals surface area contributed by atoms with Crippen LogP contribution in [0.2, 0.25) is 0 Å². The Kier molecular flexibility index (Phi) is 8.47. The largest absolute Gasteiger partial charge is 0.427 e. The number of amides is 2. The molecule has 1 aliphatic rings. The number of benzene rings is 1. The second kappa shape index (κ2) is 11.8. The number of halogens is 4. The number of thiazole rings is 1. The van der Waals surface area contributed by atoms with Crippen LogP contribution in [0.3, 0.4) is 0 Å². The molecular weight excluding hydrogens is 524 g/mol. The van der Waals surface area contributed by atoms with Gasteiger partial charge < -0.3 is 10.6 Å². The van der Waals surface area contributed by atoms with E-state index in [2.05, 4.69) is 25.6 Å². The Balaban J connectivity index is 1.34. The third kappa shape index (κ3) is 7.19. The van der Waals surface area contributed by atoms with Crippen LogP contribution in [0, 0.1) is 0 Å². The molecule has 0 saturated carbocycles. The molecule has 200 valence electrons. The first-order valence-corrected chi connectivity index (χ1v) is 12.5. The van der Waals surface area contributed by atoms with E-state index in [0.29, 0.717) is 60.4 Å². The Hall–Kier alpha value is -3.71. The zero-order valence-electron chi connectivity index (χ0n) is 20.2. The Morgan fingerprint density at radius 1 is 1.18 bits per heavy atom. The summed E-state index contributed by atoms with van der Waals surface area (Å²) in [4.78, 5) is 37.9. The minimum absolute atomic E-state index is 0.131. The molecule has 2 amide bonds. The summed E-state index contributed by atoms with van der Waals surface area (Å²) in [6, 6.07) is 6.96. The summed E-state index contributed by atoms with van der Waals surface area (Å²) in [5.74, 6) is -1.31. The van der Waals surface area contributed by atoms with E-state index in [0.717, 1.165) is 0 Å². The van der Waals surface area contributed by atoms with E-state index < -0.39 is 29.1 Å². The lowest BCUT2D eigenvalue weighted by Crippen LogP contribution is -2.21. The molecule has 0 radical (unpaired) electrons. The van der Waals surface area contributed by atoms with E-state index in [1.165, 1.54) is 18.5 Å². The highest BCUT2D eigenvalue weighted by molar-refractivity contribution is 7.15. The van der Waals surface area contributed by atoms with Gasteiger partial charge >= 0.3 is 6.18 Å². The Bertz CT molecular complexity index is 1310. The van der Waals surface area contributed by atoms with Crippen LogP contribution in [0.5, 0.6) is 0 Å². The van der Waals surface area contributed by atoms with Crippen molar-refractivity contribution in [3.8, 4) is 11.3 Å². The zero-order chi connectivity index (χ0) is 27.3. The molecule has 13 heteroatoms. The number of anilines is 2. The summed E-state index contributed by atoms with van der Waals surface area (Å²) in [7, 11) is 0. The molecule has 1 saturated heterocycles. The molecule has 2 N–H and O–H groups in total. The first-order valence-electron chi connectivity index (χ1n) is 11.7. The molecule has 4 rings (SSSR count). The fourth-order valence-corrected chi connectivity index (χ4v) is 4.45. The smallest absolute Gasteiger partial charge is 0.306 e. The van der Waals surface area contributed by atoms with Crippen molar-refractivity contribution in [3.63, 3.8) is 0 Å². The average molecular weight is 549 g/mol. The van der Waals surface area contributed by atoms with Crippen LogP contribution in [-0.2, 0) is 15.8 Å². The lowest BCUT2D eigenvalue weighted by Gasteiger charge is -2.12. The Labute approximate surface area is 219 Å². The zero-order valence-corrected chi connectivity index (χ0v) is 21.0. The van der Waals surface area contributed by atoms with Crippen molar-refractivity contribution >= 4 is 34.1 Å². The molecule has 0 unspecified atom stereocenters. The highest BCUT2D eigenvalue weighted by atomic mass is 32.1. The number of nitrogens with one attached hydrogen (secondary N) is 2. The number of carbonyl (C=O) groups excluding carboxylic acids is 2. The standard InChI is InChI=1S/C25H24F4N6O2S/c1-15(23(37)34-24-32-12-20(38-24)25(27,28)29)16-4-2-5-17(10-16)19-11-31-21(13-30-19)33-22(36)6-3-8-35-9-7-18(26)14-35/h2-6,10-13,15,18H,7-9,14H2,1H3,(H,31,33,36)(H,32,34,37)/b6-3+/t15-,18+/m0/s1. The number of hydrogen-bond acceptors (Lipinski definition) is 7. The highest BCUT2D eigenvalue weighted by Crippen LogP contribution is 2.35. The van der Waals surface area contributed by atoms with Gasteiger partial charge in [-0.15, -0.1) is 0 Å². The van der Waals surface area contributed by atoms with Crippen LogP contribution in [0.1, 0.15) is 29.7 Å². The molecule has 1 aromatic carbocycles. The SMILES string of the molecule is C[C@H](C(=O)Nc1ncc(C(F)(F)F)s1)c1cccc(-c2cnc(NC(=O)/C=C/CN3CC[C@@H](F)C3)cn2)c1. The number of alkyl halides is 4. The van der Waals surface area contributed by atoms with Gasteiger partial charge in [-0.25, -0.2) is 14.4 Å². The van der Waals surface area contributed by atoms with E-state index in [4.69, 9.17) is 0 Å². The summed E-state index contributed by atoms with van der Waals surface area (Å²) in [6.07, 6.45) is 1.77. The van der Waals surface area contributed by atoms with E-state index in [-0.39, 0.29) is 16.9 Å². The molecule has 3 aromatic rings. The Morgan fingerprint density at radius 2 is 2.00 bits per heavy atom. The lowest BCUT2D eigenvalue weighted by molar-refractivity contribution is -0.134. The number of likely N-dealkylation sites (tertiary alicyclic amines) is 1. The number of rotatable bonds is 8. The van der Waals surface area contributed by atoms with E-state index >= 15 is 0 Å². The van der Waals surface area contributed by atoms with Crippen LogP contribution in [0.4, 0.5) is 28.5 Å². The predicted molar refractivity (Wildman–Crippen MR) is 135 cm³/mol. The molecule has 2 atom stereocenters. The number of hydrogen-bond donors (Lipinski definition) is 2. The quantitative estimate of drug-likeness (QED) is 0.307. The third-order valence-electron chi connectivity index (χ3n) is 5.84. The molecule has 0 bridgehead atoms. The van der Waals surface area contributed by atoms with Crippen molar-refractivity contribution < 1.29 is 27.2 Å². The van der Waals surface area contributed by atoms with Crippen molar-refractivity contribution in [1.29, 1.82) is 0 Å². The average Bonchev–Trinajstić information content (AvgIpc) is 3.53. The van der Waals surface area contributed by atoms with E-state index in [1.807, 2.05) is 4.90 Å². The van der Waals surface area contributed by atoms with Gasteiger partial charge in [-0.2, -0.15) is 13.2 Å². The van der Waals surface area contributed by atoms with Gasteiger partial charge in [-0.3, -0.25) is 19.5 Å². The molecule has 38 heavy (non-hydrogen) atoms. The van der Waals surface area contributed by atoms with Crippen molar-refractivity contribution in [2.45, 2.75) is 31.6 Å². The van der Waals surface area contributed by atoms with Crippen LogP contribution in [-0.4, -0.2) is 57.5 Å². The maximum atomic E-state index is 13.2. The fraction of sp³-hybridized carbons (Fsp3) is 0.320. The van der Waals surface area contributed by atoms with Crippen molar-refractivity contribution in [2.24, 2.45) is 0 Å². The fourth-order valence-electron chi connectivity index (χ4n) is 3.76. The summed E-state index contributed by atoms with van der Waals surface area (Å²) >= 11 is 0.360. The molecular formula is C25H24F4N6O2S. The monoisotopic (exact) mass is 548 g/mol. The van der Waals surface area contributed by atoms with E-state index in [9.17, 15) is 27.2 Å². The highest BCUT2D eigenvalue weighted by Gasteiger charge is 2.33. The summed E-state index contributed by atoms with van der Waals surface area (Å²) < 4.78 is 51.5. The topological polar surface area (TPSA) is 100 Å². The minimum atomic E-state index is -4.52. The van der Waals surface area contributed by atoms with E-state index in [1.54, 1.807) is 37.3 Å². The molecule has 0 spiro atoms. The molecule has 1 aliphatic heterocycles. The number of carbonyl (C=O) groups is 2. The van der Waals surface area contributed by atoms with Gasteiger partial charge in [0.2, 0.25) is 11.8 Å². The van der Waals surface area contributed by atoms with Crippen molar-refractivity contribution in [3.05, 3.63) is 65.4 Å². The van der Waals surface area contributed by atoms with Gasteiger partial charge in [-0.1, -0.05) is 35.6 Å². The van der Waals surface area contributed by atoms with Crippen molar-refractivity contribution in [1.82, 2.24) is 19.9 Å². The second-order valence-electron chi connectivity index (χ2n) is 8.69. The first kappa shape index (κ1) is 27.3. The molecule has 0 aliphatic carbocycles. The third-order valence-corrected chi connectivity index (χ3v) is 6.80. The predicted octanol–water partition coefficient (Wildman–Crippen LogP) is 4.90. The molecule has 8 nitrogen and oxygen atoms in total. The maximum Gasteiger partial charge on any atom is 0.427 e. The number of nitrogens with zero attached hydrogens (tertiary/aromatic N) is 4. The molecule has 1 fully saturated rings. The summed E-state index contributed by atoms with van der Waals surface area (Å²) in [5.41, 5.74) is 1.78. The number of aromatic nitrogens is 3. The van der Waals surface area contributed by atoms with Crippen LogP contribution in [0.15, 0.2) is 55.0 Å². The van der Waals surface area contributed by atoms with Crippen LogP contribution < -0.4 is 10.6 Å². The molecule has 3 heterocycles. The maximum absolute atomic E-state index is 13.2. The van der Waals surface area contributed by atoms with Crippen LogP contribution >= 0.6 is 11.3 Å². The van der Waals surface area contributed by atoms with Gasteiger partial charge in [0, 0.05) is 31.3 Å². The van der Waals surface area contributed by atoms with Gasteiger partial charge in [0.15, 0.2) is 10.9 Å². The summed E-state index contributed by atoms with van der Waals surface area (Å²) in [5, 5.41) is 4.91. The minimum Gasteiger partial charge on any atom is -0.306 e. The summed E-state index contributed by atoms with van der Waals surface area (Å²) in [6.45, 7) is 3.16. The van der Waals surface area contributed by atoms with Gasteiger partial charge in [0.1, 0.15) is 11.0 Å². The van der Waals surface area contributed by atoms with Crippen LogP contribution in [0.25, 0.3) is 11.3 Å². The molecule has 2 aromatic heterocycles. The van der Waals surface area contributed by atoms with Gasteiger partial charge in [0.25, 0.3) is 0 Å². The second-order valence-corrected chi connectivity index (χ2v) is 9.72. The normalized spacial score (nSPS) is 17.0. The van der Waals surface area contributed by atoms with Gasteiger partial charge in [-0.05, 0) is 25.0 Å². The van der Waals surface area contributed by atoms with Gasteiger partial charge in [0.05, 0.1) is 30.2 Å². The first-order chi connectivity index (χ1) is 18.1. The Morgan fingerprint density at radius 3 is 2.66 bits per heavy atom. The van der Waals surface area contributed by atoms with Crippen molar-refractivity contribution in [2.75, 3.05) is 30.3 Å². The lowest BCUT2D eigenvalue weighted by atomic mass is 9.97.